The Kier molecular flexibility index (Phi) is 6.06. The number of nitrogens with one attached hydrogen (secondary N) is 3. The third kappa shape index (κ3) is 4.37. The van der Waals surface area contributed by atoms with E-state index in [9.17, 15) is 0 Å². The van der Waals surface area contributed by atoms with E-state index in [4.69, 9.17) is 21.1 Å². The zero-order chi connectivity index (χ0) is 20.1. The average Bonchev–Trinajstić information content (AvgIpc) is 2.71. The topological polar surface area (TPSA) is 80.3 Å². The second-order valence-electron chi connectivity index (χ2n) is 6.01. The predicted octanol–water partition coefficient (Wildman–Crippen LogP) is 4.98. The monoisotopic (exact) mass is 399 g/mol. The van der Waals surface area contributed by atoms with Crippen LogP contribution in [-0.4, -0.2) is 31.2 Å². The van der Waals surface area contributed by atoms with Gasteiger partial charge in [-0.1, -0.05) is 17.7 Å². The molecule has 0 bridgehead atoms. The molecule has 2 aromatic carbocycles. The lowest BCUT2D eigenvalue weighted by Gasteiger charge is -2.15. The van der Waals surface area contributed by atoms with Crippen molar-refractivity contribution in [2.45, 2.75) is 6.92 Å². The maximum atomic E-state index is 6.30. The van der Waals surface area contributed by atoms with E-state index in [1.54, 1.807) is 20.4 Å². The lowest BCUT2D eigenvalue weighted by Crippen LogP contribution is -2.04. The minimum absolute atomic E-state index is 0.397. The molecule has 0 fully saturated rings. The number of benzene rings is 2. The third-order valence-electron chi connectivity index (χ3n) is 4.10. The zero-order valence-electron chi connectivity index (χ0n) is 16.1. The summed E-state index contributed by atoms with van der Waals surface area (Å²) in [4.78, 5) is 8.76. The molecule has 146 valence electrons. The molecule has 8 heteroatoms. The van der Waals surface area contributed by atoms with E-state index in [0.717, 1.165) is 28.4 Å². The fraction of sp³-hybridized carbons (Fsp3) is 0.200. The highest BCUT2D eigenvalue weighted by atomic mass is 35.5. The molecule has 28 heavy (non-hydrogen) atoms. The molecule has 0 saturated heterocycles. The number of hydrogen-bond donors (Lipinski definition) is 3. The van der Waals surface area contributed by atoms with Gasteiger partial charge < -0.3 is 25.4 Å². The number of anilines is 5. The first-order valence-corrected chi connectivity index (χ1v) is 8.99. The predicted molar refractivity (Wildman–Crippen MR) is 114 cm³/mol. The number of halogens is 1. The molecular formula is C20H22ClN5O2. The van der Waals surface area contributed by atoms with Crippen LogP contribution in [0.25, 0.3) is 0 Å². The Hall–Kier alpha value is -3.19. The van der Waals surface area contributed by atoms with Crippen LogP contribution < -0.4 is 25.4 Å². The van der Waals surface area contributed by atoms with E-state index in [-0.39, 0.29) is 0 Å². The molecule has 1 aromatic heterocycles. The number of methoxy groups -OCH3 is 2. The smallest absolute Gasteiger partial charge is 0.229 e. The molecule has 0 unspecified atom stereocenters. The molecular weight excluding hydrogens is 378 g/mol. The fourth-order valence-electron chi connectivity index (χ4n) is 2.63. The van der Waals surface area contributed by atoms with Gasteiger partial charge in [-0.15, -0.1) is 0 Å². The fourth-order valence-corrected chi connectivity index (χ4v) is 2.77. The standard InChI is InChI=1S/C20H22ClN5O2/c1-12-5-7-16(18(9-12)28-4)25-20-23-11-14(21)19(26-20)24-15-8-6-13(27-3)10-17(15)22-2/h5-11,22H,1-4H3,(H2,23,24,25,26). The van der Waals surface area contributed by atoms with Crippen molar-refractivity contribution in [2.24, 2.45) is 0 Å². The van der Waals surface area contributed by atoms with Crippen molar-refractivity contribution >= 4 is 40.4 Å². The molecule has 7 nitrogen and oxygen atoms in total. The number of aromatic nitrogens is 2. The van der Waals surface area contributed by atoms with Gasteiger partial charge in [-0.2, -0.15) is 4.98 Å². The van der Waals surface area contributed by atoms with Gasteiger partial charge in [0.15, 0.2) is 5.82 Å². The highest BCUT2D eigenvalue weighted by Crippen LogP contribution is 2.32. The van der Waals surface area contributed by atoms with Crippen molar-refractivity contribution in [1.29, 1.82) is 0 Å². The van der Waals surface area contributed by atoms with E-state index in [1.807, 2.05) is 50.4 Å². The number of hydrogen-bond acceptors (Lipinski definition) is 7. The maximum Gasteiger partial charge on any atom is 0.229 e. The third-order valence-corrected chi connectivity index (χ3v) is 4.37. The molecule has 1 heterocycles. The summed E-state index contributed by atoms with van der Waals surface area (Å²) in [7, 11) is 5.08. The first-order valence-electron chi connectivity index (χ1n) is 8.61. The second kappa shape index (κ2) is 8.67. The van der Waals surface area contributed by atoms with Gasteiger partial charge in [0.05, 0.1) is 37.5 Å². The first kappa shape index (κ1) is 19.6. The summed E-state index contributed by atoms with van der Waals surface area (Å²) in [5.41, 5.74) is 3.52. The molecule has 0 amide bonds. The van der Waals surface area contributed by atoms with E-state index >= 15 is 0 Å². The molecule has 0 aliphatic heterocycles. The van der Waals surface area contributed by atoms with Crippen molar-refractivity contribution in [3.8, 4) is 11.5 Å². The van der Waals surface area contributed by atoms with E-state index < -0.39 is 0 Å². The van der Waals surface area contributed by atoms with Crippen LogP contribution in [0.3, 0.4) is 0 Å². The van der Waals surface area contributed by atoms with Crippen molar-refractivity contribution in [3.63, 3.8) is 0 Å². The summed E-state index contributed by atoms with van der Waals surface area (Å²) in [6.45, 7) is 2.00. The quantitative estimate of drug-likeness (QED) is 0.516. The summed E-state index contributed by atoms with van der Waals surface area (Å²) in [6.07, 6.45) is 1.54. The highest BCUT2D eigenvalue weighted by Gasteiger charge is 2.11. The van der Waals surface area contributed by atoms with Gasteiger partial charge >= 0.3 is 0 Å². The van der Waals surface area contributed by atoms with Gasteiger partial charge in [0.1, 0.15) is 16.5 Å². The van der Waals surface area contributed by atoms with Gasteiger partial charge in [0, 0.05) is 13.1 Å². The summed E-state index contributed by atoms with van der Waals surface area (Å²) in [5.74, 6) is 2.33. The average molecular weight is 400 g/mol. The largest absolute Gasteiger partial charge is 0.497 e. The molecule has 0 spiro atoms. The molecule has 3 rings (SSSR count). The van der Waals surface area contributed by atoms with E-state index in [1.165, 1.54) is 0 Å². The Labute approximate surface area is 169 Å². The molecule has 0 aliphatic carbocycles. The SMILES string of the molecule is CNc1cc(OC)ccc1Nc1nc(Nc2ccc(C)cc2OC)ncc1Cl. The second-order valence-corrected chi connectivity index (χ2v) is 6.41. The zero-order valence-corrected chi connectivity index (χ0v) is 16.9. The molecule has 0 aliphatic rings. The van der Waals surface area contributed by atoms with Crippen LogP contribution in [0, 0.1) is 6.92 Å². The number of ether oxygens (including phenoxy) is 2. The minimum atomic E-state index is 0.397. The van der Waals surface area contributed by atoms with Crippen LogP contribution in [0.2, 0.25) is 5.02 Å². The normalized spacial score (nSPS) is 10.3. The van der Waals surface area contributed by atoms with Crippen molar-refractivity contribution in [3.05, 3.63) is 53.2 Å². The van der Waals surface area contributed by atoms with Gasteiger partial charge in [-0.25, -0.2) is 4.98 Å². The van der Waals surface area contributed by atoms with Crippen LogP contribution in [0.4, 0.5) is 28.8 Å². The molecule has 3 aromatic rings. The first-order chi connectivity index (χ1) is 13.5. The van der Waals surface area contributed by atoms with Crippen LogP contribution in [-0.2, 0) is 0 Å². The van der Waals surface area contributed by atoms with Gasteiger partial charge in [0.2, 0.25) is 5.95 Å². The van der Waals surface area contributed by atoms with Gasteiger partial charge in [-0.05, 0) is 36.8 Å². The number of aryl methyl sites for hydroxylation is 1. The Morgan fingerprint density at radius 1 is 0.929 bits per heavy atom. The van der Waals surface area contributed by atoms with Crippen LogP contribution >= 0.6 is 11.6 Å². The Morgan fingerprint density at radius 2 is 1.71 bits per heavy atom. The molecule has 3 N–H and O–H groups in total. The Balaban J connectivity index is 1.88. The highest BCUT2D eigenvalue weighted by molar-refractivity contribution is 6.33. The van der Waals surface area contributed by atoms with Crippen molar-refractivity contribution < 1.29 is 9.47 Å². The summed E-state index contributed by atoms with van der Waals surface area (Å²) in [5, 5.41) is 9.93. The molecule has 0 radical (unpaired) electrons. The number of nitrogens with zero attached hydrogens (tertiary/aromatic N) is 2. The molecule has 0 atom stereocenters. The summed E-state index contributed by atoms with van der Waals surface area (Å²) < 4.78 is 10.7. The van der Waals surface area contributed by atoms with Gasteiger partial charge in [-0.3, -0.25) is 0 Å². The van der Waals surface area contributed by atoms with Gasteiger partial charge in [0.25, 0.3) is 0 Å². The van der Waals surface area contributed by atoms with Crippen LogP contribution in [0.5, 0.6) is 11.5 Å². The van der Waals surface area contributed by atoms with Crippen LogP contribution in [0.15, 0.2) is 42.6 Å². The minimum Gasteiger partial charge on any atom is -0.497 e. The van der Waals surface area contributed by atoms with Crippen molar-refractivity contribution in [1.82, 2.24) is 9.97 Å². The van der Waals surface area contributed by atoms with E-state index in [0.29, 0.717) is 22.5 Å². The Morgan fingerprint density at radius 3 is 2.43 bits per heavy atom. The lowest BCUT2D eigenvalue weighted by atomic mass is 10.2. The lowest BCUT2D eigenvalue weighted by molar-refractivity contribution is 0.415. The van der Waals surface area contributed by atoms with Crippen LogP contribution in [0.1, 0.15) is 5.56 Å². The molecule has 0 saturated carbocycles. The maximum absolute atomic E-state index is 6.30. The number of rotatable bonds is 7. The Bertz CT molecular complexity index is 981. The van der Waals surface area contributed by atoms with E-state index in [2.05, 4.69) is 25.9 Å². The summed E-state index contributed by atoms with van der Waals surface area (Å²) in [6, 6.07) is 11.5. The summed E-state index contributed by atoms with van der Waals surface area (Å²) >= 11 is 6.30. The van der Waals surface area contributed by atoms with Crippen molar-refractivity contribution in [2.75, 3.05) is 37.2 Å².